The molecule has 1 amide bonds. The summed E-state index contributed by atoms with van der Waals surface area (Å²) in [5, 5.41) is 12.4. The molecule has 2 aromatic carbocycles. The van der Waals surface area contributed by atoms with E-state index < -0.39 is 11.9 Å². The molecule has 0 aliphatic heterocycles. The molecule has 2 rings (SSSR count). The summed E-state index contributed by atoms with van der Waals surface area (Å²) in [5.41, 5.74) is 0.506. The molecule has 0 aromatic heterocycles. The Morgan fingerprint density at radius 2 is 2.03 bits per heavy atom. The van der Waals surface area contributed by atoms with Crippen LogP contribution in [-0.2, 0) is 14.3 Å². The van der Waals surface area contributed by atoms with Crippen molar-refractivity contribution in [2.24, 2.45) is 0 Å². The number of amides is 1. The van der Waals surface area contributed by atoms with Crippen molar-refractivity contribution in [3.8, 4) is 11.8 Å². The maximum atomic E-state index is 12.5. The van der Waals surface area contributed by atoms with Gasteiger partial charge in [0.1, 0.15) is 17.4 Å². The standard InChI is InChI=1S/C20H15BrCl2N2O4/c1-2-28-18(26)11-29-17-7-6-14(21)9-12(17)8-13(10-24)20(27)25-16-5-3-4-15(22)19(16)23/h3-9H,2,11H2,1H3,(H,25,27)/b13-8-. The Hall–Kier alpha value is -2.53. The van der Waals surface area contributed by atoms with E-state index in [2.05, 4.69) is 21.2 Å². The van der Waals surface area contributed by atoms with Gasteiger partial charge in [-0.25, -0.2) is 4.79 Å². The maximum absolute atomic E-state index is 12.5. The number of esters is 1. The molecule has 29 heavy (non-hydrogen) atoms. The van der Waals surface area contributed by atoms with Gasteiger partial charge < -0.3 is 14.8 Å². The van der Waals surface area contributed by atoms with Crippen LogP contribution >= 0.6 is 39.1 Å². The molecular formula is C20H15BrCl2N2O4. The van der Waals surface area contributed by atoms with Gasteiger partial charge in [0.25, 0.3) is 5.91 Å². The van der Waals surface area contributed by atoms with E-state index in [1.165, 1.54) is 6.08 Å². The molecule has 0 heterocycles. The zero-order valence-electron chi connectivity index (χ0n) is 15.2. The molecule has 0 atom stereocenters. The van der Waals surface area contributed by atoms with Crippen molar-refractivity contribution in [1.29, 1.82) is 5.26 Å². The number of ether oxygens (including phenoxy) is 2. The van der Waals surface area contributed by atoms with Gasteiger partial charge in [-0.3, -0.25) is 4.79 Å². The van der Waals surface area contributed by atoms with Crippen LogP contribution in [0.2, 0.25) is 10.0 Å². The van der Waals surface area contributed by atoms with Gasteiger partial charge in [0.05, 0.1) is 22.3 Å². The fraction of sp³-hybridized carbons (Fsp3) is 0.150. The van der Waals surface area contributed by atoms with Crippen LogP contribution in [-0.4, -0.2) is 25.1 Å². The van der Waals surface area contributed by atoms with E-state index in [0.29, 0.717) is 15.8 Å². The molecule has 0 aliphatic carbocycles. The first-order valence-corrected chi connectivity index (χ1v) is 9.85. The van der Waals surface area contributed by atoms with Gasteiger partial charge in [0.2, 0.25) is 0 Å². The minimum absolute atomic E-state index is 0.167. The Morgan fingerprint density at radius 3 is 2.72 bits per heavy atom. The number of carbonyl (C=O) groups is 2. The van der Waals surface area contributed by atoms with Crippen LogP contribution in [0.5, 0.6) is 5.75 Å². The topological polar surface area (TPSA) is 88.4 Å². The summed E-state index contributed by atoms with van der Waals surface area (Å²) < 4.78 is 11.0. The monoisotopic (exact) mass is 496 g/mol. The number of halogens is 3. The molecule has 0 spiro atoms. The number of nitriles is 1. The Bertz CT molecular complexity index is 1000. The lowest BCUT2D eigenvalue weighted by atomic mass is 10.1. The molecule has 2 aromatic rings. The first-order chi connectivity index (χ1) is 13.8. The summed E-state index contributed by atoms with van der Waals surface area (Å²) in [7, 11) is 0. The number of hydrogen-bond acceptors (Lipinski definition) is 5. The van der Waals surface area contributed by atoms with Crippen LogP contribution < -0.4 is 10.1 Å². The van der Waals surface area contributed by atoms with E-state index in [4.69, 9.17) is 32.7 Å². The van der Waals surface area contributed by atoms with Crippen molar-refractivity contribution < 1.29 is 19.1 Å². The molecular weight excluding hydrogens is 483 g/mol. The molecule has 0 saturated carbocycles. The summed E-state index contributed by atoms with van der Waals surface area (Å²) in [6.45, 7) is 1.62. The highest BCUT2D eigenvalue weighted by atomic mass is 79.9. The third-order valence-electron chi connectivity index (χ3n) is 3.49. The number of nitrogens with one attached hydrogen (secondary N) is 1. The van der Waals surface area contributed by atoms with E-state index in [9.17, 15) is 14.9 Å². The number of hydrogen-bond donors (Lipinski definition) is 1. The minimum Gasteiger partial charge on any atom is -0.481 e. The number of carbonyl (C=O) groups excluding carboxylic acids is 2. The van der Waals surface area contributed by atoms with Crippen molar-refractivity contribution >= 4 is 62.8 Å². The summed E-state index contributed by atoms with van der Waals surface area (Å²) in [6, 6.07) is 11.6. The predicted molar refractivity (Wildman–Crippen MR) is 115 cm³/mol. The smallest absolute Gasteiger partial charge is 0.344 e. The van der Waals surface area contributed by atoms with Gasteiger partial charge >= 0.3 is 5.97 Å². The largest absolute Gasteiger partial charge is 0.481 e. The molecule has 9 heteroatoms. The SMILES string of the molecule is CCOC(=O)COc1ccc(Br)cc1/C=C(/C#N)C(=O)Nc1cccc(Cl)c1Cl. The van der Waals surface area contributed by atoms with Gasteiger partial charge in [0.15, 0.2) is 6.61 Å². The third kappa shape index (κ3) is 6.50. The highest BCUT2D eigenvalue weighted by molar-refractivity contribution is 9.10. The van der Waals surface area contributed by atoms with Crippen LogP contribution in [0.4, 0.5) is 5.69 Å². The molecule has 150 valence electrons. The van der Waals surface area contributed by atoms with E-state index in [-0.39, 0.29) is 34.5 Å². The minimum atomic E-state index is -0.673. The van der Waals surface area contributed by atoms with Crippen molar-refractivity contribution in [2.45, 2.75) is 6.92 Å². The van der Waals surface area contributed by atoms with Crippen LogP contribution in [0.25, 0.3) is 6.08 Å². The number of benzene rings is 2. The van der Waals surface area contributed by atoms with Gasteiger partial charge in [-0.2, -0.15) is 5.26 Å². The highest BCUT2D eigenvalue weighted by Crippen LogP contribution is 2.30. The Morgan fingerprint density at radius 1 is 1.28 bits per heavy atom. The van der Waals surface area contributed by atoms with Crippen LogP contribution in [0.1, 0.15) is 12.5 Å². The summed E-state index contributed by atoms with van der Waals surface area (Å²) in [6.07, 6.45) is 1.35. The van der Waals surface area contributed by atoms with Gasteiger partial charge in [-0.05, 0) is 43.3 Å². The van der Waals surface area contributed by atoms with Crippen molar-refractivity contribution in [3.05, 3.63) is 62.1 Å². The van der Waals surface area contributed by atoms with Crippen LogP contribution in [0.15, 0.2) is 46.4 Å². The molecule has 0 saturated heterocycles. The van der Waals surface area contributed by atoms with E-state index in [1.807, 2.05) is 6.07 Å². The fourth-order valence-electron chi connectivity index (χ4n) is 2.20. The quantitative estimate of drug-likeness (QED) is 0.321. The van der Waals surface area contributed by atoms with Crippen molar-refractivity contribution in [2.75, 3.05) is 18.5 Å². The summed E-state index contributed by atoms with van der Waals surface area (Å²) in [4.78, 5) is 24.1. The molecule has 0 aliphatic rings. The normalized spacial score (nSPS) is 10.8. The summed E-state index contributed by atoms with van der Waals surface area (Å²) in [5.74, 6) is -0.894. The zero-order valence-corrected chi connectivity index (χ0v) is 18.3. The molecule has 0 bridgehead atoms. The maximum Gasteiger partial charge on any atom is 0.344 e. The van der Waals surface area contributed by atoms with Gasteiger partial charge in [-0.15, -0.1) is 0 Å². The van der Waals surface area contributed by atoms with Gasteiger partial charge in [-0.1, -0.05) is 45.2 Å². The van der Waals surface area contributed by atoms with E-state index in [1.54, 1.807) is 43.3 Å². The van der Waals surface area contributed by atoms with Crippen LogP contribution in [0.3, 0.4) is 0 Å². The first kappa shape index (κ1) is 22.8. The van der Waals surface area contributed by atoms with Crippen molar-refractivity contribution in [1.82, 2.24) is 0 Å². The molecule has 0 radical (unpaired) electrons. The highest BCUT2D eigenvalue weighted by Gasteiger charge is 2.15. The predicted octanol–water partition coefficient (Wildman–Crippen LogP) is 5.24. The fourth-order valence-corrected chi connectivity index (χ4v) is 2.92. The molecule has 6 nitrogen and oxygen atoms in total. The third-order valence-corrected chi connectivity index (χ3v) is 4.80. The second kappa shape index (κ2) is 10.9. The first-order valence-electron chi connectivity index (χ1n) is 8.30. The van der Waals surface area contributed by atoms with Crippen LogP contribution in [0, 0.1) is 11.3 Å². The molecule has 0 fully saturated rings. The zero-order chi connectivity index (χ0) is 21.4. The van der Waals surface area contributed by atoms with E-state index >= 15 is 0 Å². The Balaban J connectivity index is 2.28. The number of anilines is 1. The number of rotatable bonds is 7. The lowest BCUT2D eigenvalue weighted by Gasteiger charge is -2.10. The average Bonchev–Trinajstić information content (AvgIpc) is 2.69. The lowest BCUT2D eigenvalue weighted by Crippen LogP contribution is -2.15. The Kier molecular flexibility index (Phi) is 8.52. The Labute approximate surface area is 186 Å². The molecule has 1 N–H and O–H groups in total. The van der Waals surface area contributed by atoms with E-state index in [0.717, 1.165) is 0 Å². The number of nitrogens with zero attached hydrogens (tertiary/aromatic N) is 1. The second-order valence-electron chi connectivity index (χ2n) is 5.50. The molecule has 0 unspecified atom stereocenters. The van der Waals surface area contributed by atoms with Crippen molar-refractivity contribution in [3.63, 3.8) is 0 Å². The average molecular weight is 498 g/mol. The lowest BCUT2D eigenvalue weighted by molar-refractivity contribution is -0.145. The van der Waals surface area contributed by atoms with Gasteiger partial charge in [0, 0.05) is 10.0 Å². The summed E-state index contributed by atoms with van der Waals surface area (Å²) >= 11 is 15.3. The second-order valence-corrected chi connectivity index (χ2v) is 7.20.